The lowest BCUT2D eigenvalue weighted by Gasteiger charge is -2.23. The van der Waals surface area contributed by atoms with Gasteiger partial charge in [-0.2, -0.15) is 0 Å². The predicted molar refractivity (Wildman–Crippen MR) is 91.7 cm³/mol. The molecule has 0 radical (unpaired) electrons. The Hall–Kier alpha value is -1.69. The lowest BCUT2D eigenvalue weighted by Crippen LogP contribution is -2.42. The van der Waals surface area contributed by atoms with Crippen LogP contribution < -0.4 is 10.1 Å². The average molecular weight is 336 g/mol. The van der Waals surface area contributed by atoms with Crippen LogP contribution in [0.4, 0.5) is 0 Å². The maximum absolute atomic E-state index is 10.0. The standard InChI is InChI=1S/C17H22ClN3O2/c1-17(2,3)19-10-12(22)11-23-15-7-5-4-6-13(15)14-8-9-16(18)21-20-14/h4-9,12,19,22H,10-11H2,1-3H3/t12-/m1/s1. The second-order valence-corrected chi connectivity index (χ2v) is 6.72. The van der Waals surface area contributed by atoms with Crippen molar-refractivity contribution in [3.63, 3.8) is 0 Å². The number of nitrogens with one attached hydrogen (secondary N) is 1. The third-order valence-electron chi connectivity index (χ3n) is 3.09. The van der Waals surface area contributed by atoms with Crippen molar-refractivity contribution < 1.29 is 9.84 Å². The Morgan fingerprint density at radius 3 is 2.57 bits per heavy atom. The number of hydrogen-bond donors (Lipinski definition) is 2. The fourth-order valence-electron chi connectivity index (χ4n) is 1.93. The van der Waals surface area contributed by atoms with Crippen LogP contribution in [0.25, 0.3) is 11.3 Å². The quantitative estimate of drug-likeness (QED) is 0.849. The molecule has 2 N–H and O–H groups in total. The van der Waals surface area contributed by atoms with E-state index in [-0.39, 0.29) is 12.1 Å². The molecule has 0 aliphatic heterocycles. The highest BCUT2D eigenvalue weighted by Crippen LogP contribution is 2.28. The number of halogens is 1. The van der Waals surface area contributed by atoms with Crippen molar-refractivity contribution in [2.24, 2.45) is 0 Å². The smallest absolute Gasteiger partial charge is 0.151 e. The summed E-state index contributed by atoms with van der Waals surface area (Å²) in [4.78, 5) is 0. The van der Waals surface area contributed by atoms with Crippen molar-refractivity contribution in [1.82, 2.24) is 15.5 Å². The van der Waals surface area contributed by atoms with Crippen molar-refractivity contribution in [1.29, 1.82) is 0 Å². The molecule has 0 amide bonds. The van der Waals surface area contributed by atoms with Gasteiger partial charge in [0.15, 0.2) is 5.15 Å². The molecule has 0 spiro atoms. The molecule has 0 unspecified atom stereocenters. The number of benzene rings is 1. The molecular weight excluding hydrogens is 314 g/mol. The first kappa shape index (κ1) is 17.7. The van der Waals surface area contributed by atoms with Crippen molar-refractivity contribution in [2.75, 3.05) is 13.2 Å². The van der Waals surface area contributed by atoms with E-state index in [0.717, 1.165) is 5.56 Å². The molecule has 0 saturated carbocycles. The highest BCUT2D eigenvalue weighted by atomic mass is 35.5. The molecule has 124 valence electrons. The van der Waals surface area contributed by atoms with Crippen LogP contribution in [0, 0.1) is 0 Å². The van der Waals surface area contributed by atoms with Gasteiger partial charge in [0.1, 0.15) is 18.5 Å². The molecule has 0 fully saturated rings. The average Bonchev–Trinajstić information content (AvgIpc) is 2.51. The molecular formula is C17H22ClN3O2. The molecule has 2 aromatic rings. The van der Waals surface area contributed by atoms with Gasteiger partial charge in [-0.1, -0.05) is 23.7 Å². The van der Waals surface area contributed by atoms with Gasteiger partial charge < -0.3 is 15.2 Å². The van der Waals surface area contributed by atoms with Crippen LogP contribution in [0.5, 0.6) is 5.75 Å². The van der Waals surface area contributed by atoms with E-state index < -0.39 is 6.10 Å². The van der Waals surface area contributed by atoms with Crippen LogP contribution in [0.15, 0.2) is 36.4 Å². The van der Waals surface area contributed by atoms with Crippen molar-refractivity contribution in [3.8, 4) is 17.0 Å². The van der Waals surface area contributed by atoms with Gasteiger partial charge >= 0.3 is 0 Å². The summed E-state index contributed by atoms with van der Waals surface area (Å²) in [5, 5.41) is 21.5. The van der Waals surface area contributed by atoms with Gasteiger partial charge in [-0.05, 0) is 45.0 Å². The summed E-state index contributed by atoms with van der Waals surface area (Å²) in [5.41, 5.74) is 1.44. The second-order valence-electron chi connectivity index (χ2n) is 6.33. The molecule has 6 heteroatoms. The summed E-state index contributed by atoms with van der Waals surface area (Å²) in [7, 11) is 0. The maximum Gasteiger partial charge on any atom is 0.151 e. The van der Waals surface area contributed by atoms with Gasteiger partial charge in [0.25, 0.3) is 0 Å². The summed E-state index contributed by atoms with van der Waals surface area (Å²) in [5.74, 6) is 0.652. The molecule has 1 aromatic carbocycles. The fourth-order valence-corrected chi connectivity index (χ4v) is 2.03. The molecule has 1 atom stereocenters. The number of para-hydroxylation sites is 1. The number of aliphatic hydroxyl groups is 1. The number of nitrogens with zero attached hydrogens (tertiary/aromatic N) is 2. The van der Waals surface area contributed by atoms with E-state index in [0.29, 0.717) is 23.1 Å². The monoisotopic (exact) mass is 335 g/mol. The van der Waals surface area contributed by atoms with Crippen molar-refractivity contribution in [2.45, 2.75) is 32.4 Å². The third kappa shape index (κ3) is 5.78. The van der Waals surface area contributed by atoms with Crippen molar-refractivity contribution >= 4 is 11.6 Å². The molecule has 23 heavy (non-hydrogen) atoms. The largest absolute Gasteiger partial charge is 0.490 e. The number of aliphatic hydroxyl groups excluding tert-OH is 1. The van der Waals surface area contributed by atoms with Gasteiger partial charge in [0.2, 0.25) is 0 Å². The SMILES string of the molecule is CC(C)(C)NC[C@@H](O)COc1ccccc1-c1ccc(Cl)nn1. The Bertz CT molecular complexity index is 626. The first-order valence-corrected chi connectivity index (χ1v) is 7.87. The summed E-state index contributed by atoms with van der Waals surface area (Å²) in [6, 6.07) is 11.0. The zero-order chi connectivity index (χ0) is 16.9. The van der Waals surface area contributed by atoms with Crippen LogP contribution in [0.2, 0.25) is 5.15 Å². The molecule has 5 nitrogen and oxygen atoms in total. The molecule has 2 rings (SSSR count). The van der Waals surface area contributed by atoms with E-state index in [1.165, 1.54) is 0 Å². The molecule has 1 heterocycles. The fraction of sp³-hybridized carbons (Fsp3) is 0.412. The van der Waals surface area contributed by atoms with E-state index >= 15 is 0 Å². The summed E-state index contributed by atoms with van der Waals surface area (Å²) in [6.45, 7) is 6.81. The Labute approximate surface area is 141 Å². The topological polar surface area (TPSA) is 67.3 Å². The zero-order valence-corrected chi connectivity index (χ0v) is 14.3. The predicted octanol–water partition coefficient (Wildman–Crippen LogP) is 2.92. The van der Waals surface area contributed by atoms with Gasteiger partial charge in [0.05, 0.1) is 5.69 Å². The van der Waals surface area contributed by atoms with E-state index in [2.05, 4.69) is 36.3 Å². The molecule has 0 saturated heterocycles. The minimum Gasteiger partial charge on any atom is -0.490 e. The molecule has 0 aliphatic carbocycles. The Kier molecular flexibility index (Phi) is 5.93. The highest BCUT2D eigenvalue weighted by molar-refractivity contribution is 6.29. The summed E-state index contributed by atoms with van der Waals surface area (Å²) >= 11 is 5.77. The number of aromatic nitrogens is 2. The molecule has 1 aromatic heterocycles. The molecule has 0 aliphatic rings. The Morgan fingerprint density at radius 2 is 1.91 bits per heavy atom. The van der Waals surface area contributed by atoms with E-state index in [9.17, 15) is 5.11 Å². The van der Waals surface area contributed by atoms with Gasteiger partial charge in [-0.25, -0.2) is 0 Å². The van der Waals surface area contributed by atoms with Gasteiger partial charge in [-0.3, -0.25) is 0 Å². The lowest BCUT2D eigenvalue weighted by molar-refractivity contribution is 0.100. The number of rotatable bonds is 6. The number of hydrogen-bond acceptors (Lipinski definition) is 5. The van der Waals surface area contributed by atoms with Gasteiger partial charge in [-0.15, -0.1) is 10.2 Å². The molecule has 0 bridgehead atoms. The second kappa shape index (κ2) is 7.73. The lowest BCUT2D eigenvalue weighted by atomic mass is 10.1. The zero-order valence-electron chi connectivity index (χ0n) is 13.6. The third-order valence-corrected chi connectivity index (χ3v) is 3.30. The van der Waals surface area contributed by atoms with Crippen LogP contribution in [0.3, 0.4) is 0 Å². The van der Waals surface area contributed by atoms with E-state index in [4.69, 9.17) is 16.3 Å². The highest BCUT2D eigenvalue weighted by Gasteiger charge is 2.14. The van der Waals surface area contributed by atoms with Gasteiger partial charge in [0, 0.05) is 17.6 Å². The van der Waals surface area contributed by atoms with Crippen LogP contribution >= 0.6 is 11.6 Å². The van der Waals surface area contributed by atoms with Crippen molar-refractivity contribution in [3.05, 3.63) is 41.6 Å². The van der Waals surface area contributed by atoms with Crippen LogP contribution in [0.1, 0.15) is 20.8 Å². The Morgan fingerprint density at radius 1 is 1.17 bits per heavy atom. The van der Waals surface area contributed by atoms with Crippen LogP contribution in [-0.4, -0.2) is 40.1 Å². The number of ether oxygens (including phenoxy) is 1. The summed E-state index contributed by atoms with van der Waals surface area (Å²) in [6.07, 6.45) is -0.599. The van der Waals surface area contributed by atoms with E-state index in [1.807, 2.05) is 24.3 Å². The first-order valence-electron chi connectivity index (χ1n) is 7.50. The van der Waals surface area contributed by atoms with E-state index in [1.54, 1.807) is 12.1 Å². The minimum atomic E-state index is -0.599. The Balaban J connectivity index is 2.02. The minimum absolute atomic E-state index is 0.0439. The first-order chi connectivity index (χ1) is 10.8. The number of β-amino-alcohol motifs (C(OH)–C–C–N with tert-alkyl or cyclic N) is 1. The van der Waals surface area contributed by atoms with Crippen LogP contribution in [-0.2, 0) is 0 Å². The maximum atomic E-state index is 10.0. The summed E-state index contributed by atoms with van der Waals surface area (Å²) < 4.78 is 5.76. The normalized spacial score (nSPS) is 12.9.